The summed E-state index contributed by atoms with van der Waals surface area (Å²) in [7, 11) is -3.63. The minimum absolute atomic E-state index is 0.152. The summed E-state index contributed by atoms with van der Waals surface area (Å²) in [6, 6.07) is 8.37. The molecule has 1 aromatic rings. The fourth-order valence-corrected chi connectivity index (χ4v) is 5.38. The minimum atomic E-state index is -3.63. The summed E-state index contributed by atoms with van der Waals surface area (Å²) in [5.74, 6) is 0.0990. The van der Waals surface area contributed by atoms with Crippen molar-refractivity contribution in [3.63, 3.8) is 0 Å². The lowest BCUT2D eigenvalue weighted by atomic mass is 9.94. The van der Waals surface area contributed by atoms with Crippen molar-refractivity contribution < 1.29 is 13.2 Å². The first-order valence-corrected chi connectivity index (χ1v) is 10.9. The van der Waals surface area contributed by atoms with Gasteiger partial charge in [-0.05, 0) is 50.3 Å². The van der Waals surface area contributed by atoms with Crippen LogP contribution in [0.3, 0.4) is 0 Å². The average Bonchev–Trinajstić information content (AvgIpc) is 2.64. The molecule has 7 heteroatoms. The maximum atomic E-state index is 13.1. The van der Waals surface area contributed by atoms with Crippen LogP contribution < -0.4 is 0 Å². The van der Waals surface area contributed by atoms with E-state index >= 15 is 0 Å². The van der Waals surface area contributed by atoms with Gasteiger partial charge in [-0.2, -0.15) is 9.57 Å². The van der Waals surface area contributed by atoms with Gasteiger partial charge in [-0.3, -0.25) is 4.79 Å². The zero-order chi connectivity index (χ0) is 20.2. The Labute approximate surface area is 162 Å². The molecule has 1 aromatic carbocycles. The Kier molecular flexibility index (Phi) is 7.01. The van der Waals surface area contributed by atoms with Gasteiger partial charge in [0, 0.05) is 31.7 Å². The molecule has 1 saturated heterocycles. The maximum Gasteiger partial charge on any atom is 0.253 e. The van der Waals surface area contributed by atoms with Crippen LogP contribution in [-0.2, 0) is 10.0 Å². The predicted octanol–water partition coefficient (Wildman–Crippen LogP) is 2.97. The quantitative estimate of drug-likeness (QED) is 0.746. The van der Waals surface area contributed by atoms with Crippen LogP contribution in [0.5, 0.6) is 0 Å². The molecular weight excluding hydrogens is 362 g/mol. The number of rotatable bonds is 6. The van der Waals surface area contributed by atoms with Gasteiger partial charge in [-0.15, -0.1) is 0 Å². The van der Waals surface area contributed by atoms with Gasteiger partial charge in [0.15, 0.2) is 0 Å². The van der Waals surface area contributed by atoms with E-state index in [2.05, 4.69) is 19.9 Å². The van der Waals surface area contributed by atoms with E-state index < -0.39 is 10.0 Å². The van der Waals surface area contributed by atoms with Crippen LogP contribution in [0.2, 0.25) is 0 Å². The second-order valence-electron chi connectivity index (χ2n) is 7.67. The molecule has 6 nitrogen and oxygen atoms in total. The predicted molar refractivity (Wildman–Crippen MR) is 105 cm³/mol. The van der Waals surface area contributed by atoms with Crippen molar-refractivity contribution in [1.82, 2.24) is 9.21 Å². The molecule has 0 radical (unpaired) electrons. The van der Waals surface area contributed by atoms with E-state index in [4.69, 9.17) is 5.26 Å². The summed E-state index contributed by atoms with van der Waals surface area (Å²) in [5, 5.41) is 9.00. The molecule has 1 aliphatic heterocycles. The fraction of sp³-hybridized carbons (Fsp3) is 0.600. The zero-order valence-corrected chi connectivity index (χ0v) is 17.4. The molecule has 0 N–H and O–H groups in total. The van der Waals surface area contributed by atoms with Gasteiger partial charge in [0.05, 0.1) is 16.9 Å². The van der Waals surface area contributed by atoms with Gasteiger partial charge < -0.3 is 4.90 Å². The summed E-state index contributed by atoms with van der Waals surface area (Å²) in [4.78, 5) is 14.5. The SMILES string of the molecule is CCN(CC(C)C#N)C(=O)c1cccc(S(=O)(=O)N2CC(C)CC(C)C2)c1. The molecule has 1 aliphatic rings. The number of carbonyl (C=O) groups is 1. The highest BCUT2D eigenvalue weighted by molar-refractivity contribution is 7.89. The maximum absolute atomic E-state index is 13.1. The van der Waals surface area contributed by atoms with E-state index in [-0.39, 0.29) is 16.7 Å². The number of carbonyl (C=O) groups excluding carboxylic acids is 1. The van der Waals surface area contributed by atoms with Crippen LogP contribution in [0.25, 0.3) is 0 Å². The summed E-state index contributed by atoms with van der Waals surface area (Å²) in [5.41, 5.74) is 0.334. The third kappa shape index (κ3) is 5.08. The summed E-state index contributed by atoms with van der Waals surface area (Å²) < 4.78 is 27.7. The van der Waals surface area contributed by atoms with Crippen LogP contribution in [0.1, 0.15) is 44.5 Å². The second kappa shape index (κ2) is 8.85. The Morgan fingerprint density at radius 2 is 1.96 bits per heavy atom. The molecule has 0 saturated carbocycles. The largest absolute Gasteiger partial charge is 0.338 e. The lowest BCUT2D eigenvalue weighted by molar-refractivity contribution is 0.0752. The molecule has 1 amide bonds. The average molecular weight is 392 g/mol. The number of piperidine rings is 1. The summed E-state index contributed by atoms with van der Waals surface area (Å²) in [6.07, 6.45) is 1.02. The van der Waals surface area contributed by atoms with Gasteiger partial charge in [-0.1, -0.05) is 19.9 Å². The molecule has 0 spiro atoms. The van der Waals surface area contributed by atoms with Crippen LogP contribution in [0.4, 0.5) is 0 Å². The van der Waals surface area contributed by atoms with Crippen LogP contribution in [0, 0.1) is 29.1 Å². The highest BCUT2D eigenvalue weighted by Gasteiger charge is 2.32. The smallest absolute Gasteiger partial charge is 0.253 e. The van der Waals surface area contributed by atoms with Crippen molar-refractivity contribution in [3.05, 3.63) is 29.8 Å². The third-order valence-electron chi connectivity index (χ3n) is 4.94. The molecule has 3 unspecified atom stereocenters. The first-order valence-electron chi connectivity index (χ1n) is 9.48. The third-order valence-corrected chi connectivity index (χ3v) is 6.77. The van der Waals surface area contributed by atoms with Crippen molar-refractivity contribution in [2.45, 2.75) is 39.0 Å². The Bertz CT molecular complexity index is 806. The fourth-order valence-electron chi connectivity index (χ4n) is 3.65. The number of hydrogen-bond acceptors (Lipinski definition) is 4. The van der Waals surface area contributed by atoms with Gasteiger partial charge in [0.1, 0.15) is 0 Å². The van der Waals surface area contributed by atoms with E-state index in [0.29, 0.717) is 43.6 Å². The van der Waals surface area contributed by atoms with Gasteiger partial charge >= 0.3 is 0 Å². The van der Waals surface area contributed by atoms with E-state index in [1.807, 2.05) is 6.92 Å². The lowest BCUT2D eigenvalue weighted by Crippen LogP contribution is -2.42. The molecule has 0 aliphatic carbocycles. The van der Waals surface area contributed by atoms with Crippen LogP contribution in [-0.4, -0.2) is 49.7 Å². The highest BCUT2D eigenvalue weighted by Crippen LogP contribution is 2.27. The second-order valence-corrected chi connectivity index (χ2v) is 9.61. The zero-order valence-electron chi connectivity index (χ0n) is 16.6. The number of hydrogen-bond donors (Lipinski definition) is 0. The Hall–Kier alpha value is -1.91. The molecule has 0 bridgehead atoms. The van der Waals surface area contributed by atoms with E-state index in [1.165, 1.54) is 10.4 Å². The molecule has 1 heterocycles. The Morgan fingerprint density at radius 3 is 2.52 bits per heavy atom. The van der Waals surface area contributed by atoms with E-state index in [9.17, 15) is 13.2 Å². The number of sulfonamides is 1. The standard InChI is InChI=1S/C20H29N3O3S/c1-5-22(12-17(4)11-21)20(24)18-7-6-8-19(10-18)27(25,26)23-13-15(2)9-16(3)14-23/h6-8,10,15-17H,5,9,12-14H2,1-4H3. The first kappa shape index (κ1) is 21.4. The topological polar surface area (TPSA) is 81.5 Å². The van der Waals surface area contributed by atoms with Crippen LogP contribution >= 0.6 is 0 Å². The molecule has 148 valence electrons. The minimum Gasteiger partial charge on any atom is -0.338 e. The normalized spacial score (nSPS) is 22.0. The van der Waals surface area contributed by atoms with Gasteiger partial charge in [0.2, 0.25) is 10.0 Å². The monoisotopic (exact) mass is 391 g/mol. The molecule has 3 atom stereocenters. The van der Waals surface area contributed by atoms with E-state index in [1.54, 1.807) is 30.0 Å². The Morgan fingerprint density at radius 1 is 1.33 bits per heavy atom. The molecular formula is C20H29N3O3S. The number of nitrogens with zero attached hydrogens (tertiary/aromatic N) is 3. The molecule has 27 heavy (non-hydrogen) atoms. The Balaban J connectivity index is 2.28. The highest BCUT2D eigenvalue weighted by atomic mass is 32.2. The van der Waals surface area contributed by atoms with Crippen molar-refractivity contribution in [1.29, 1.82) is 5.26 Å². The lowest BCUT2D eigenvalue weighted by Gasteiger charge is -2.34. The van der Waals surface area contributed by atoms with Gasteiger partial charge in [-0.25, -0.2) is 8.42 Å². The number of nitriles is 1. The van der Waals surface area contributed by atoms with Crippen molar-refractivity contribution in [3.8, 4) is 6.07 Å². The van der Waals surface area contributed by atoms with Crippen molar-refractivity contribution >= 4 is 15.9 Å². The van der Waals surface area contributed by atoms with Crippen LogP contribution in [0.15, 0.2) is 29.2 Å². The first-order chi connectivity index (χ1) is 12.7. The van der Waals surface area contributed by atoms with E-state index in [0.717, 1.165) is 6.42 Å². The number of amides is 1. The number of benzene rings is 1. The van der Waals surface area contributed by atoms with Crippen molar-refractivity contribution in [2.75, 3.05) is 26.2 Å². The van der Waals surface area contributed by atoms with Gasteiger partial charge in [0.25, 0.3) is 5.91 Å². The van der Waals surface area contributed by atoms with Crippen molar-refractivity contribution in [2.24, 2.45) is 17.8 Å². The summed E-state index contributed by atoms with van der Waals surface area (Å²) in [6.45, 7) is 9.53. The molecule has 0 aromatic heterocycles. The molecule has 2 rings (SSSR count). The molecule has 1 fully saturated rings. The summed E-state index contributed by atoms with van der Waals surface area (Å²) >= 11 is 0.